The van der Waals surface area contributed by atoms with Gasteiger partial charge in [0.15, 0.2) is 5.82 Å². The first-order valence-corrected chi connectivity index (χ1v) is 9.31. The highest BCUT2D eigenvalue weighted by Crippen LogP contribution is 2.32. The van der Waals surface area contributed by atoms with E-state index in [1.165, 1.54) is 29.9 Å². The molecule has 4 rings (SSSR count). The molecule has 4 nitrogen and oxygen atoms in total. The highest BCUT2D eigenvalue weighted by Gasteiger charge is 2.21. The van der Waals surface area contributed by atoms with Crippen LogP contribution in [0, 0.1) is 11.6 Å². The molecule has 0 radical (unpaired) electrons. The Morgan fingerprint density at radius 3 is 2.64 bits per heavy atom. The van der Waals surface area contributed by atoms with E-state index in [4.69, 9.17) is 16.3 Å². The Morgan fingerprint density at radius 1 is 1.11 bits per heavy atom. The van der Waals surface area contributed by atoms with Crippen molar-refractivity contribution in [1.82, 2.24) is 9.55 Å². The van der Waals surface area contributed by atoms with Crippen LogP contribution in [0.3, 0.4) is 0 Å². The van der Waals surface area contributed by atoms with Gasteiger partial charge in [0.2, 0.25) is 5.88 Å². The second-order valence-corrected chi connectivity index (χ2v) is 7.13. The van der Waals surface area contributed by atoms with Gasteiger partial charge in [-0.15, -0.1) is 0 Å². The molecule has 0 N–H and O–H groups in total. The average Bonchev–Trinajstić information content (AvgIpc) is 2.67. The number of benzene rings is 1. The molecule has 0 saturated carbocycles. The molecule has 144 valence electrons. The van der Waals surface area contributed by atoms with Crippen molar-refractivity contribution in [3.63, 3.8) is 0 Å². The van der Waals surface area contributed by atoms with Crippen molar-refractivity contribution in [1.29, 1.82) is 0 Å². The molecule has 0 atom stereocenters. The van der Waals surface area contributed by atoms with E-state index in [0.29, 0.717) is 0 Å². The van der Waals surface area contributed by atoms with Gasteiger partial charge in [-0.3, -0.25) is 9.36 Å². The minimum Gasteiger partial charge on any atom is -0.479 e. The maximum absolute atomic E-state index is 15.0. The smallest absolute Gasteiger partial charge is 0.255 e. The van der Waals surface area contributed by atoms with Gasteiger partial charge >= 0.3 is 0 Å². The molecule has 0 amide bonds. The van der Waals surface area contributed by atoms with Gasteiger partial charge in [0, 0.05) is 28.4 Å². The minimum absolute atomic E-state index is 0.0813. The molecule has 0 spiro atoms. The highest BCUT2D eigenvalue weighted by molar-refractivity contribution is 6.30. The van der Waals surface area contributed by atoms with Crippen molar-refractivity contribution in [2.45, 2.75) is 25.7 Å². The summed E-state index contributed by atoms with van der Waals surface area (Å²) in [4.78, 5) is 16.8. The molecule has 28 heavy (non-hydrogen) atoms. The number of hydrogen-bond donors (Lipinski definition) is 0. The standard InChI is InChI=1S/C21H17ClF2N2O2/c1-28-21-18(26-17-5-3-2-4-12(17)6-7-19(26)27)11-16(24)20(25-21)13-8-14(22)10-15(23)9-13/h6-11H,2-5H2,1H3. The third-order valence-corrected chi connectivity index (χ3v) is 5.11. The quantitative estimate of drug-likeness (QED) is 0.636. The van der Waals surface area contributed by atoms with E-state index in [2.05, 4.69) is 4.98 Å². The largest absolute Gasteiger partial charge is 0.479 e. The number of halogens is 3. The summed E-state index contributed by atoms with van der Waals surface area (Å²) in [5.41, 5.74) is 1.96. The Labute approximate surface area is 165 Å². The van der Waals surface area contributed by atoms with Gasteiger partial charge in [0.05, 0.1) is 7.11 Å². The van der Waals surface area contributed by atoms with Crippen molar-refractivity contribution < 1.29 is 13.5 Å². The summed E-state index contributed by atoms with van der Waals surface area (Å²) in [6, 6.07) is 8.20. The molecule has 1 aliphatic rings. The summed E-state index contributed by atoms with van der Waals surface area (Å²) < 4.78 is 35.5. The van der Waals surface area contributed by atoms with E-state index < -0.39 is 11.6 Å². The van der Waals surface area contributed by atoms with E-state index >= 15 is 0 Å². The lowest BCUT2D eigenvalue weighted by Crippen LogP contribution is -2.25. The first-order valence-electron chi connectivity index (χ1n) is 8.93. The fraction of sp³-hybridized carbons (Fsp3) is 0.238. The van der Waals surface area contributed by atoms with Crippen LogP contribution >= 0.6 is 11.6 Å². The van der Waals surface area contributed by atoms with Crippen molar-refractivity contribution >= 4 is 11.6 Å². The van der Waals surface area contributed by atoms with Gasteiger partial charge in [0.1, 0.15) is 17.2 Å². The summed E-state index contributed by atoms with van der Waals surface area (Å²) in [6.45, 7) is 0. The Balaban J connectivity index is 1.94. The van der Waals surface area contributed by atoms with E-state index in [9.17, 15) is 13.6 Å². The summed E-state index contributed by atoms with van der Waals surface area (Å²) in [5.74, 6) is -1.21. The zero-order valence-electron chi connectivity index (χ0n) is 15.1. The lowest BCUT2D eigenvalue weighted by molar-refractivity contribution is 0.393. The number of pyridine rings is 2. The number of nitrogens with zero attached hydrogens (tertiary/aromatic N) is 2. The van der Waals surface area contributed by atoms with Crippen LogP contribution in [0.4, 0.5) is 8.78 Å². The first-order chi connectivity index (χ1) is 13.5. The Bertz CT molecular complexity index is 1110. The summed E-state index contributed by atoms with van der Waals surface area (Å²) in [7, 11) is 1.40. The summed E-state index contributed by atoms with van der Waals surface area (Å²) >= 11 is 5.89. The van der Waals surface area contributed by atoms with Crippen LogP contribution in [-0.4, -0.2) is 16.7 Å². The lowest BCUT2D eigenvalue weighted by atomic mass is 9.95. The topological polar surface area (TPSA) is 44.1 Å². The molecule has 3 aromatic rings. The fourth-order valence-corrected chi connectivity index (χ4v) is 3.88. The number of fused-ring (bicyclic) bond motifs is 1. The van der Waals surface area contributed by atoms with Crippen molar-refractivity contribution in [3.05, 3.63) is 74.7 Å². The molecule has 0 saturated heterocycles. The Hall–Kier alpha value is -2.73. The Morgan fingerprint density at radius 2 is 1.89 bits per heavy atom. The van der Waals surface area contributed by atoms with Gasteiger partial charge in [-0.1, -0.05) is 17.7 Å². The molecule has 1 aliphatic carbocycles. The van der Waals surface area contributed by atoms with E-state index in [-0.39, 0.29) is 33.4 Å². The average molecular weight is 403 g/mol. The number of methoxy groups -OCH3 is 1. The molecular formula is C21H17ClF2N2O2. The third kappa shape index (κ3) is 3.29. The van der Waals surface area contributed by atoms with Gasteiger partial charge in [-0.25, -0.2) is 13.8 Å². The van der Waals surface area contributed by atoms with Crippen molar-refractivity contribution in [2.75, 3.05) is 7.11 Å². The minimum atomic E-state index is -0.697. The van der Waals surface area contributed by atoms with Crippen LogP contribution in [-0.2, 0) is 12.8 Å². The molecule has 0 unspecified atom stereocenters. The van der Waals surface area contributed by atoms with Gasteiger partial charge in [-0.05, 0) is 49.4 Å². The second-order valence-electron chi connectivity index (χ2n) is 6.69. The second kappa shape index (κ2) is 7.36. The monoisotopic (exact) mass is 402 g/mol. The van der Waals surface area contributed by atoms with Crippen LogP contribution in [0.1, 0.15) is 24.1 Å². The SMILES string of the molecule is COc1nc(-c2cc(F)cc(Cl)c2)c(F)cc1-n1c2c(ccc1=O)CCCC2. The zero-order chi connectivity index (χ0) is 19.8. The number of aromatic nitrogens is 2. The molecular weight excluding hydrogens is 386 g/mol. The summed E-state index contributed by atoms with van der Waals surface area (Å²) in [5, 5.41) is 0.132. The van der Waals surface area contributed by atoms with E-state index in [1.54, 1.807) is 0 Å². The molecule has 2 aromatic heterocycles. The predicted octanol–water partition coefficient (Wildman–Crippen LogP) is 4.72. The molecule has 2 heterocycles. The zero-order valence-corrected chi connectivity index (χ0v) is 15.9. The van der Waals surface area contributed by atoms with Crippen molar-refractivity contribution in [3.8, 4) is 22.8 Å². The molecule has 1 aromatic carbocycles. The van der Waals surface area contributed by atoms with Gasteiger partial charge in [-0.2, -0.15) is 0 Å². The van der Waals surface area contributed by atoms with Crippen LogP contribution in [0.2, 0.25) is 5.02 Å². The molecule has 7 heteroatoms. The lowest BCUT2D eigenvalue weighted by Gasteiger charge is -2.22. The normalized spacial score (nSPS) is 13.3. The van der Waals surface area contributed by atoms with E-state index in [0.717, 1.165) is 49.1 Å². The molecule has 0 fully saturated rings. The van der Waals surface area contributed by atoms with E-state index in [1.807, 2.05) is 6.07 Å². The predicted molar refractivity (Wildman–Crippen MR) is 103 cm³/mol. The highest BCUT2D eigenvalue weighted by atomic mass is 35.5. The molecule has 0 aliphatic heterocycles. The van der Waals surface area contributed by atoms with Gasteiger partial charge in [0.25, 0.3) is 5.56 Å². The maximum atomic E-state index is 15.0. The fourth-order valence-electron chi connectivity index (χ4n) is 3.66. The maximum Gasteiger partial charge on any atom is 0.255 e. The number of hydrogen-bond acceptors (Lipinski definition) is 3. The molecule has 0 bridgehead atoms. The number of ether oxygens (including phenoxy) is 1. The Kier molecular flexibility index (Phi) is 4.89. The number of aryl methyl sites for hydroxylation is 1. The van der Waals surface area contributed by atoms with Crippen LogP contribution in [0.15, 0.2) is 41.2 Å². The van der Waals surface area contributed by atoms with Gasteiger partial charge < -0.3 is 4.74 Å². The van der Waals surface area contributed by atoms with Crippen LogP contribution < -0.4 is 10.3 Å². The number of rotatable bonds is 3. The van der Waals surface area contributed by atoms with Crippen LogP contribution in [0.25, 0.3) is 16.9 Å². The first kappa shape index (κ1) is 18.6. The van der Waals surface area contributed by atoms with Crippen LogP contribution in [0.5, 0.6) is 5.88 Å². The summed E-state index contributed by atoms with van der Waals surface area (Å²) in [6.07, 6.45) is 3.59. The third-order valence-electron chi connectivity index (χ3n) is 4.89. The van der Waals surface area contributed by atoms with Crippen molar-refractivity contribution in [2.24, 2.45) is 0 Å².